The van der Waals surface area contributed by atoms with Crippen molar-refractivity contribution in [2.75, 3.05) is 13.1 Å². The number of hydrogen-bond acceptors (Lipinski definition) is 5. The second kappa shape index (κ2) is 8.42. The highest BCUT2D eigenvalue weighted by atomic mass is 16.2. The lowest BCUT2D eigenvalue weighted by molar-refractivity contribution is -0.135. The van der Waals surface area contributed by atoms with Crippen LogP contribution in [0.1, 0.15) is 67.9 Å². The van der Waals surface area contributed by atoms with Gasteiger partial charge in [0.1, 0.15) is 11.6 Å². The van der Waals surface area contributed by atoms with Gasteiger partial charge < -0.3 is 15.2 Å². The molecule has 8 heteroatoms. The van der Waals surface area contributed by atoms with E-state index in [0.29, 0.717) is 48.6 Å². The van der Waals surface area contributed by atoms with Crippen molar-refractivity contribution in [2.45, 2.75) is 57.9 Å². The van der Waals surface area contributed by atoms with Crippen molar-refractivity contribution in [2.24, 2.45) is 11.8 Å². The van der Waals surface area contributed by atoms with E-state index in [1.165, 1.54) is 0 Å². The summed E-state index contributed by atoms with van der Waals surface area (Å²) in [5, 5.41) is 12.1. The molecule has 1 saturated heterocycles. The summed E-state index contributed by atoms with van der Waals surface area (Å²) in [5.74, 6) is 0.0656. The smallest absolute Gasteiger partial charge is 0.255 e. The van der Waals surface area contributed by atoms with Gasteiger partial charge >= 0.3 is 0 Å². The average Bonchev–Trinajstić information content (AvgIpc) is 3.55. The number of likely N-dealkylation sites (tertiary alicyclic amines) is 1. The van der Waals surface area contributed by atoms with E-state index >= 15 is 0 Å². The largest absolute Gasteiger partial charge is 0.344 e. The Hall–Kier alpha value is -2.95. The Morgan fingerprint density at radius 1 is 1.33 bits per heavy atom. The zero-order chi connectivity index (χ0) is 21.3. The lowest BCUT2D eigenvalue weighted by Crippen LogP contribution is -2.53. The molecule has 0 spiro atoms. The Bertz CT molecular complexity index is 981. The molecule has 3 heterocycles. The molecule has 2 aliphatic rings. The van der Waals surface area contributed by atoms with Gasteiger partial charge in [-0.3, -0.25) is 9.59 Å². The van der Waals surface area contributed by atoms with Crippen molar-refractivity contribution >= 4 is 23.0 Å². The van der Waals surface area contributed by atoms with E-state index in [1.54, 1.807) is 17.3 Å². The van der Waals surface area contributed by atoms with Gasteiger partial charge in [-0.2, -0.15) is 5.26 Å². The molecule has 1 saturated carbocycles. The number of piperidine rings is 1. The van der Waals surface area contributed by atoms with Crippen molar-refractivity contribution in [1.29, 1.82) is 5.26 Å². The maximum atomic E-state index is 13.2. The Morgan fingerprint density at radius 3 is 2.70 bits per heavy atom. The molecule has 2 aromatic rings. The molecule has 4 rings (SSSR count). The summed E-state index contributed by atoms with van der Waals surface area (Å²) >= 11 is 0. The Balaban J connectivity index is 1.52. The van der Waals surface area contributed by atoms with Crippen LogP contribution in [0.15, 0.2) is 12.4 Å². The molecule has 0 unspecified atom stereocenters. The number of carbonyl (C=O) groups excluding carboxylic acids is 2. The van der Waals surface area contributed by atoms with E-state index < -0.39 is 6.04 Å². The van der Waals surface area contributed by atoms with E-state index in [-0.39, 0.29) is 23.7 Å². The number of fused-ring (bicyclic) bond motifs is 1. The molecule has 0 aromatic carbocycles. The number of carbonyl (C=O) groups is 2. The van der Waals surface area contributed by atoms with Gasteiger partial charge in [0.2, 0.25) is 5.91 Å². The fraction of sp³-hybridized carbons (Fsp3) is 0.591. The number of nitriles is 1. The molecule has 2 atom stereocenters. The number of hydrogen-bond donors (Lipinski definition) is 2. The standard InChI is InChI=1S/C22H28N6O2/c1-3-13(2)18(22(30)28-8-6-14(10-23)7-9-28)27-21(29)16-11-24-20-19(16)26-17(12-25-20)15-4-5-15/h11-15,18H,3-9H2,1-2H3,(H,24,25)(H,27,29)/t13-,18-/m1/s1. The van der Waals surface area contributed by atoms with Crippen molar-refractivity contribution in [3.05, 3.63) is 23.7 Å². The lowest BCUT2D eigenvalue weighted by Gasteiger charge is -2.34. The van der Waals surface area contributed by atoms with Crippen LogP contribution in [0, 0.1) is 23.2 Å². The Morgan fingerprint density at radius 2 is 2.07 bits per heavy atom. The first-order valence-corrected chi connectivity index (χ1v) is 10.8. The highest BCUT2D eigenvalue weighted by molar-refractivity contribution is 6.06. The second-order valence-electron chi connectivity index (χ2n) is 8.53. The molecule has 158 valence electrons. The predicted octanol–water partition coefficient (Wildman–Crippen LogP) is 2.74. The SMILES string of the molecule is CC[C@@H](C)[C@@H](NC(=O)c1c[nH]c2ncc(C3CC3)nc12)C(=O)N1CCC(C#N)CC1. The van der Waals surface area contributed by atoms with Crippen LogP contribution < -0.4 is 5.32 Å². The Labute approximate surface area is 176 Å². The van der Waals surface area contributed by atoms with E-state index in [1.807, 2.05) is 13.8 Å². The molecule has 30 heavy (non-hydrogen) atoms. The third-order valence-electron chi connectivity index (χ3n) is 6.39. The topological polar surface area (TPSA) is 115 Å². The first-order valence-electron chi connectivity index (χ1n) is 10.8. The Kier molecular flexibility index (Phi) is 5.71. The van der Waals surface area contributed by atoms with Crippen LogP contribution in [0.3, 0.4) is 0 Å². The van der Waals surface area contributed by atoms with E-state index in [0.717, 1.165) is 25.0 Å². The maximum Gasteiger partial charge on any atom is 0.255 e. The van der Waals surface area contributed by atoms with Crippen molar-refractivity contribution < 1.29 is 9.59 Å². The monoisotopic (exact) mass is 408 g/mol. The summed E-state index contributed by atoms with van der Waals surface area (Å²) in [6.45, 7) is 5.11. The van der Waals surface area contributed by atoms with Crippen LogP contribution in [0.4, 0.5) is 0 Å². The van der Waals surface area contributed by atoms with Gasteiger partial charge in [-0.1, -0.05) is 20.3 Å². The van der Waals surface area contributed by atoms with E-state index in [9.17, 15) is 9.59 Å². The molecule has 8 nitrogen and oxygen atoms in total. The van der Waals surface area contributed by atoms with Gasteiger partial charge in [-0.15, -0.1) is 0 Å². The van der Waals surface area contributed by atoms with Gasteiger partial charge in [0.25, 0.3) is 5.91 Å². The van der Waals surface area contributed by atoms with Gasteiger partial charge in [0, 0.05) is 31.1 Å². The van der Waals surface area contributed by atoms with Crippen LogP contribution in [-0.2, 0) is 4.79 Å². The van der Waals surface area contributed by atoms with Crippen LogP contribution >= 0.6 is 0 Å². The fourth-order valence-corrected chi connectivity index (χ4v) is 3.98. The molecule has 2 N–H and O–H groups in total. The maximum absolute atomic E-state index is 13.2. The highest BCUT2D eigenvalue weighted by Crippen LogP contribution is 2.39. The minimum atomic E-state index is -0.606. The number of H-pyrrole nitrogens is 1. The number of nitrogens with one attached hydrogen (secondary N) is 2. The van der Waals surface area contributed by atoms with Crippen LogP contribution in [-0.4, -0.2) is 50.8 Å². The van der Waals surface area contributed by atoms with Gasteiger partial charge in [-0.25, -0.2) is 9.97 Å². The molecular formula is C22H28N6O2. The minimum Gasteiger partial charge on any atom is -0.344 e. The number of rotatable bonds is 6. The molecule has 2 aromatic heterocycles. The first kappa shape index (κ1) is 20.3. The third-order valence-corrected chi connectivity index (χ3v) is 6.39. The molecule has 1 aliphatic carbocycles. The van der Waals surface area contributed by atoms with Gasteiger partial charge in [0.15, 0.2) is 5.65 Å². The predicted molar refractivity (Wildman–Crippen MR) is 111 cm³/mol. The summed E-state index contributed by atoms with van der Waals surface area (Å²) in [6, 6.07) is 1.68. The molecule has 0 bridgehead atoms. The molecule has 2 fully saturated rings. The number of amides is 2. The van der Waals surface area contributed by atoms with Gasteiger partial charge in [-0.05, 0) is 31.6 Å². The number of aromatic nitrogens is 3. The highest BCUT2D eigenvalue weighted by Gasteiger charge is 2.33. The van der Waals surface area contributed by atoms with Crippen LogP contribution in [0.2, 0.25) is 0 Å². The van der Waals surface area contributed by atoms with Crippen molar-refractivity contribution in [3.63, 3.8) is 0 Å². The molecule has 1 aliphatic heterocycles. The third kappa shape index (κ3) is 4.02. The normalized spacial score (nSPS) is 19.3. The minimum absolute atomic E-state index is 0.00606. The van der Waals surface area contributed by atoms with Crippen molar-refractivity contribution in [3.8, 4) is 6.07 Å². The van der Waals surface area contributed by atoms with E-state index in [2.05, 4.69) is 26.3 Å². The number of nitrogens with zero attached hydrogens (tertiary/aromatic N) is 4. The number of aromatic amines is 1. The summed E-state index contributed by atoms with van der Waals surface area (Å²) < 4.78 is 0. The van der Waals surface area contributed by atoms with Crippen LogP contribution in [0.5, 0.6) is 0 Å². The summed E-state index contributed by atoms with van der Waals surface area (Å²) in [6.07, 6.45) is 7.75. The van der Waals surface area contributed by atoms with Crippen LogP contribution in [0.25, 0.3) is 11.2 Å². The lowest BCUT2D eigenvalue weighted by atomic mass is 9.94. The summed E-state index contributed by atoms with van der Waals surface area (Å²) in [4.78, 5) is 40.2. The summed E-state index contributed by atoms with van der Waals surface area (Å²) in [5.41, 5.74) is 2.48. The zero-order valence-electron chi connectivity index (χ0n) is 17.5. The van der Waals surface area contributed by atoms with Crippen molar-refractivity contribution in [1.82, 2.24) is 25.2 Å². The average molecular weight is 409 g/mol. The first-order chi connectivity index (χ1) is 14.5. The fourth-order valence-electron chi connectivity index (χ4n) is 3.98. The molecular weight excluding hydrogens is 380 g/mol. The van der Waals surface area contributed by atoms with Gasteiger partial charge in [0.05, 0.1) is 23.5 Å². The molecule has 2 amide bonds. The second-order valence-corrected chi connectivity index (χ2v) is 8.53. The quantitative estimate of drug-likeness (QED) is 0.763. The molecule has 0 radical (unpaired) electrons. The zero-order valence-corrected chi connectivity index (χ0v) is 17.5. The summed E-state index contributed by atoms with van der Waals surface area (Å²) in [7, 11) is 0. The van der Waals surface area contributed by atoms with E-state index in [4.69, 9.17) is 5.26 Å².